The van der Waals surface area contributed by atoms with Crippen LogP contribution in [0.4, 0.5) is 10.1 Å². The van der Waals surface area contributed by atoms with E-state index in [4.69, 9.17) is 4.74 Å². The number of esters is 2. The number of carbonyl (C=O) groups is 2. The van der Waals surface area contributed by atoms with Gasteiger partial charge in [0.15, 0.2) is 0 Å². The Morgan fingerprint density at radius 3 is 2.42 bits per heavy atom. The predicted octanol–water partition coefficient (Wildman–Crippen LogP) is 3.76. The minimum atomic E-state index is -0.686. The molecular weight excluding hydrogens is 357 g/mol. The summed E-state index contributed by atoms with van der Waals surface area (Å²) in [6.45, 7) is 0. The summed E-state index contributed by atoms with van der Waals surface area (Å²) in [5.41, 5.74) is 1.57. The predicted molar refractivity (Wildman–Crippen MR) is 98.1 cm³/mol. The highest BCUT2D eigenvalue weighted by Gasteiger charge is 2.14. The fourth-order valence-corrected chi connectivity index (χ4v) is 2.98. The Labute approximate surface area is 155 Å². The van der Waals surface area contributed by atoms with Crippen LogP contribution in [0.1, 0.15) is 5.56 Å². The number of hydrogen-bond acceptors (Lipinski definition) is 6. The minimum Gasteiger partial charge on any atom is -0.466 e. The van der Waals surface area contributed by atoms with Crippen molar-refractivity contribution in [2.75, 3.05) is 19.5 Å². The number of methoxy groups -OCH3 is 2. The summed E-state index contributed by atoms with van der Waals surface area (Å²) in [6, 6.07) is 13.6. The Balaban J connectivity index is 2.18. The minimum absolute atomic E-state index is 0.0332. The van der Waals surface area contributed by atoms with Crippen molar-refractivity contribution in [1.82, 2.24) is 0 Å². The Hall–Kier alpha value is -2.80. The maximum atomic E-state index is 13.0. The molecule has 2 aromatic carbocycles. The number of anilines is 1. The van der Waals surface area contributed by atoms with Crippen molar-refractivity contribution in [2.24, 2.45) is 0 Å². The van der Waals surface area contributed by atoms with Crippen LogP contribution in [0.5, 0.6) is 0 Å². The van der Waals surface area contributed by atoms with Gasteiger partial charge in [-0.25, -0.2) is 14.0 Å². The van der Waals surface area contributed by atoms with Gasteiger partial charge in [0.2, 0.25) is 0 Å². The van der Waals surface area contributed by atoms with Crippen LogP contribution >= 0.6 is 11.8 Å². The van der Waals surface area contributed by atoms with Crippen LogP contribution in [-0.2, 0) is 24.8 Å². The summed E-state index contributed by atoms with van der Waals surface area (Å²) in [5.74, 6) is -1.02. The van der Waals surface area contributed by atoms with Crippen molar-refractivity contribution < 1.29 is 23.5 Å². The quantitative estimate of drug-likeness (QED) is 0.452. The molecule has 0 bridgehead atoms. The molecule has 1 N–H and O–H groups in total. The first kappa shape index (κ1) is 19.5. The molecule has 0 fully saturated rings. The standard InChI is InChI=1S/C19H18FNO4S/c1-24-18(22)11-16(19(23)25-2)21-15-5-3-4-6-17(15)26-12-13-7-9-14(20)10-8-13/h3-11,21H,12H2,1-2H3/b16-11+. The van der Waals surface area contributed by atoms with E-state index < -0.39 is 11.9 Å². The van der Waals surface area contributed by atoms with Gasteiger partial charge in [0.25, 0.3) is 0 Å². The largest absolute Gasteiger partial charge is 0.466 e. The van der Waals surface area contributed by atoms with E-state index in [1.807, 2.05) is 12.1 Å². The monoisotopic (exact) mass is 375 g/mol. The summed E-state index contributed by atoms with van der Waals surface area (Å²) < 4.78 is 22.2. The topological polar surface area (TPSA) is 64.6 Å². The third-order valence-electron chi connectivity index (χ3n) is 3.33. The molecule has 0 radical (unpaired) electrons. The lowest BCUT2D eigenvalue weighted by Crippen LogP contribution is -2.15. The third-order valence-corrected chi connectivity index (χ3v) is 4.48. The Kier molecular flexibility index (Phi) is 7.23. The highest BCUT2D eigenvalue weighted by molar-refractivity contribution is 7.98. The van der Waals surface area contributed by atoms with Gasteiger partial charge >= 0.3 is 11.9 Å². The van der Waals surface area contributed by atoms with Crippen LogP contribution in [0.2, 0.25) is 0 Å². The maximum Gasteiger partial charge on any atom is 0.354 e. The number of benzene rings is 2. The van der Waals surface area contributed by atoms with Gasteiger partial charge in [-0.3, -0.25) is 0 Å². The number of hydrogen-bond donors (Lipinski definition) is 1. The molecule has 5 nitrogen and oxygen atoms in total. The van der Waals surface area contributed by atoms with Crippen molar-refractivity contribution in [2.45, 2.75) is 10.6 Å². The first-order chi connectivity index (χ1) is 12.5. The Morgan fingerprint density at radius 1 is 1.08 bits per heavy atom. The molecule has 0 aliphatic carbocycles. The zero-order valence-corrected chi connectivity index (χ0v) is 15.1. The second-order valence-electron chi connectivity index (χ2n) is 5.11. The van der Waals surface area contributed by atoms with Gasteiger partial charge < -0.3 is 14.8 Å². The first-order valence-electron chi connectivity index (χ1n) is 7.64. The molecule has 0 amide bonds. The number of para-hydroxylation sites is 1. The van der Waals surface area contributed by atoms with Crippen molar-refractivity contribution >= 4 is 29.4 Å². The molecule has 0 aliphatic rings. The van der Waals surface area contributed by atoms with Crippen molar-refractivity contribution in [1.29, 1.82) is 0 Å². The number of carbonyl (C=O) groups excluding carboxylic acids is 2. The number of ether oxygens (including phenoxy) is 2. The molecule has 0 atom stereocenters. The molecule has 136 valence electrons. The van der Waals surface area contributed by atoms with Crippen LogP contribution < -0.4 is 5.32 Å². The Morgan fingerprint density at radius 2 is 1.77 bits per heavy atom. The summed E-state index contributed by atoms with van der Waals surface area (Å²) >= 11 is 1.51. The van der Waals surface area contributed by atoms with E-state index in [1.165, 1.54) is 38.1 Å². The van der Waals surface area contributed by atoms with Gasteiger partial charge in [-0.1, -0.05) is 24.3 Å². The number of rotatable bonds is 7. The number of nitrogens with one attached hydrogen (secondary N) is 1. The van der Waals surface area contributed by atoms with E-state index in [-0.39, 0.29) is 11.5 Å². The molecular formula is C19H18FNO4S. The molecule has 0 aromatic heterocycles. The Bertz CT molecular complexity index is 805. The van der Waals surface area contributed by atoms with Crippen molar-refractivity contribution in [3.05, 3.63) is 71.7 Å². The smallest absolute Gasteiger partial charge is 0.354 e. The number of halogens is 1. The van der Waals surface area contributed by atoms with Crippen LogP contribution in [0, 0.1) is 5.82 Å². The third kappa shape index (κ3) is 5.63. The van der Waals surface area contributed by atoms with E-state index >= 15 is 0 Å². The average molecular weight is 375 g/mol. The van der Waals surface area contributed by atoms with E-state index in [2.05, 4.69) is 10.1 Å². The summed E-state index contributed by atoms with van der Waals surface area (Å²) in [6.07, 6.45) is 1.03. The van der Waals surface area contributed by atoms with Crippen LogP contribution in [0.15, 0.2) is 65.2 Å². The summed E-state index contributed by atoms with van der Waals surface area (Å²) in [5, 5.41) is 2.91. The zero-order chi connectivity index (χ0) is 18.9. The van der Waals surface area contributed by atoms with Crippen LogP contribution in [0.3, 0.4) is 0 Å². The molecule has 7 heteroatoms. The fraction of sp³-hybridized carbons (Fsp3) is 0.158. The molecule has 0 aliphatic heterocycles. The van der Waals surface area contributed by atoms with Gasteiger partial charge in [0.05, 0.1) is 26.0 Å². The summed E-state index contributed by atoms with van der Waals surface area (Å²) in [7, 11) is 2.45. The molecule has 2 rings (SSSR count). The lowest BCUT2D eigenvalue weighted by atomic mass is 10.2. The normalized spacial score (nSPS) is 11.0. The van der Waals surface area contributed by atoms with E-state index in [0.29, 0.717) is 11.4 Å². The van der Waals surface area contributed by atoms with Crippen molar-refractivity contribution in [3.63, 3.8) is 0 Å². The molecule has 2 aromatic rings. The second-order valence-corrected chi connectivity index (χ2v) is 6.13. The van der Waals surface area contributed by atoms with Gasteiger partial charge in [0.1, 0.15) is 11.5 Å². The molecule has 0 heterocycles. The molecule has 26 heavy (non-hydrogen) atoms. The SMILES string of the molecule is COC(=O)/C=C(/Nc1ccccc1SCc1ccc(F)cc1)C(=O)OC. The maximum absolute atomic E-state index is 13.0. The second kappa shape index (κ2) is 9.62. The highest BCUT2D eigenvalue weighted by Crippen LogP contribution is 2.30. The molecule has 0 saturated heterocycles. The van der Waals surface area contributed by atoms with Crippen LogP contribution in [-0.4, -0.2) is 26.2 Å². The average Bonchev–Trinajstić information content (AvgIpc) is 2.67. The lowest BCUT2D eigenvalue weighted by Gasteiger charge is -2.13. The van der Waals surface area contributed by atoms with Crippen molar-refractivity contribution in [3.8, 4) is 0 Å². The molecule has 0 unspecified atom stereocenters. The van der Waals surface area contributed by atoms with Gasteiger partial charge in [-0.2, -0.15) is 0 Å². The summed E-state index contributed by atoms with van der Waals surface area (Å²) in [4.78, 5) is 24.2. The van der Waals surface area contributed by atoms with E-state index in [0.717, 1.165) is 16.5 Å². The molecule has 0 saturated carbocycles. The zero-order valence-electron chi connectivity index (χ0n) is 14.3. The van der Waals surface area contributed by atoms with Gasteiger partial charge in [0, 0.05) is 10.6 Å². The van der Waals surface area contributed by atoms with E-state index in [9.17, 15) is 14.0 Å². The first-order valence-corrected chi connectivity index (χ1v) is 8.63. The lowest BCUT2D eigenvalue weighted by molar-refractivity contribution is -0.138. The highest BCUT2D eigenvalue weighted by atomic mass is 32.2. The van der Waals surface area contributed by atoms with Gasteiger partial charge in [-0.05, 0) is 29.8 Å². The fourth-order valence-electron chi connectivity index (χ4n) is 2.02. The van der Waals surface area contributed by atoms with Gasteiger partial charge in [-0.15, -0.1) is 11.8 Å². The van der Waals surface area contributed by atoms with Crippen LogP contribution in [0.25, 0.3) is 0 Å². The number of thioether (sulfide) groups is 1. The van der Waals surface area contributed by atoms with E-state index in [1.54, 1.807) is 24.3 Å². The molecule has 0 spiro atoms.